The third kappa shape index (κ3) is 3.01. The van der Waals surface area contributed by atoms with Crippen molar-refractivity contribution >= 4 is 12.4 Å². The summed E-state index contributed by atoms with van der Waals surface area (Å²) in [6, 6.07) is -0.687. The molecule has 1 saturated heterocycles. The second-order valence-electron chi connectivity index (χ2n) is 3.68. The molecule has 0 saturated carbocycles. The number of aliphatic hydroxyl groups is 4. The summed E-state index contributed by atoms with van der Waals surface area (Å²) in [4.78, 5) is 1.56. The molecule has 0 spiro atoms. The summed E-state index contributed by atoms with van der Waals surface area (Å²) in [6.45, 7) is -0.435. The molecule has 0 radical (unpaired) electrons. The van der Waals surface area contributed by atoms with Gasteiger partial charge < -0.3 is 25.2 Å². The van der Waals surface area contributed by atoms with E-state index in [0.717, 1.165) is 0 Å². The van der Waals surface area contributed by atoms with E-state index >= 15 is 0 Å². The Morgan fingerprint density at radius 3 is 2.07 bits per heavy atom. The van der Waals surface area contributed by atoms with Crippen LogP contribution in [0.3, 0.4) is 0 Å². The first-order valence-corrected chi connectivity index (χ1v) is 4.46. The van der Waals surface area contributed by atoms with Crippen LogP contribution in [0.25, 0.3) is 0 Å². The largest absolute Gasteiger partial charge is 0.394 e. The maximum absolute atomic E-state index is 9.64. The van der Waals surface area contributed by atoms with Crippen LogP contribution in [-0.2, 0) is 4.74 Å². The zero-order valence-electron chi connectivity index (χ0n) is 8.65. The molecule has 1 heterocycles. The Balaban J connectivity index is 0.00000196. The minimum absolute atomic E-state index is 0. The van der Waals surface area contributed by atoms with Gasteiger partial charge in [-0.15, -0.1) is 12.4 Å². The highest BCUT2D eigenvalue weighted by Gasteiger charge is 2.44. The van der Waals surface area contributed by atoms with Crippen molar-refractivity contribution in [1.82, 2.24) is 4.90 Å². The molecule has 0 bridgehead atoms. The topological polar surface area (TPSA) is 93.4 Å². The molecule has 0 aromatic carbocycles. The zero-order chi connectivity index (χ0) is 10.9. The van der Waals surface area contributed by atoms with Gasteiger partial charge in [-0.2, -0.15) is 0 Å². The summed E-state index contributed by atoms with van der Waals surface area (Å²) in [5.74, 6) is 0. The van der Waals surface area contributed by atoms with Crippen molar-refractivity contribution in [2.24, 2.45) is 0 Å². The van der Waals surface area contributed by atoms with Gasteiger partial charge >= 0.3 is 0 Å². The predicted octanol–water partition coefficient (Wildman–Crippen LogP) is -2.23. The van der Waals surface area contributed by atoms with E-state index in [0.29, 0.717) is 0 Å². The average molecular weight is 244 g/mol. The number of nitrogens with zero attached hydrogens (tertiary/aromatic N) is 1. The average Bonchev–Trinajstić information content (AvgIpc) is 2.10. The van der Waals surface area contributed by atoms with Crippen molar-refractivity contribution in [2.75, 3.05) is 20.7 Å². The highest BCUT2D eigenvalue weighted by Crippen LogP contribution is 2.22. The van der Waals surface area contributed by atoms with Gasteiger partial charge in [0.05, 0.1) is 12.6 Å². The second kappa shape index (κ2) is 5.95. The van der Waals surface area contributed by atoms with Crippen LogP contribution in [0.1, 0.15) is 0 Å². The maximum Gasteiger partial charge on any atom is 0.173 e. The van der Waals surface area contributed by atoms with Gasteiger partial charge in [0, 0.05) is 0 Å². The van der Waals surface area contributed by atoms with Crippen LogP contribution in [0, 0.1) is 0 Å². The predicted molar refractivity (Wildman–Crippen MR) is 54.7 cm³/mol. The number of rotatable bonds is 2. The van der Waals surface area contributed by atoms with Gasteiger partial charge in [-0.3, -0.25) is 4.90 Å². The minimum atomic E-state index is -1.21. The van der Waals surface area contributed by atoms with Crippen LogP contribution in [0.4, 0.5) is 0 Å². The van der Waals surface area contributed by atoms with E-state index in [1.54, 1.807) is 19.0 Å². The van der Waals surface area contributed by atoms with Crippen molar-refractivity contribution in [3.63, 3.8) is 0 Å². The number of halogens is 1. The number of hydrogen-bond acceptors (Lipinski definition) is 6. The van der Waals surface area contributed by atoms with Crippen molar-refractivity contribution in [2.45, 2.75) is 30.6 Å². The standard InChI is InChI=1S/C8H17NO5.ClH/c1-9(2)5-7(12)6(11)4(3-10)14-8(5)13;/h4-8,10-13H,3H2,1-2H3;1H. The molecule has 6 nitrogen and oxygen atoms in total. The summed E-state index contributed by atoms with van der Waals surface area (Å²) >= 11 is 0. The van der Waals surface area contributed by atoms with E-state index in [1.165, 1.54) is 0 Å². The summed E-state index contributed by atoms with van der Waals surface area (Å²) in [7, 11) is 3.32. The molecule has 0 aromatic heterocycles. The third-order valence-corrected chi connectivity index (χ3v) is 2.46. The van der Waals surface area contributed by atoms with Crippen LogP contribution in [-0.4, -0.2) is 76.7 Å². The fourth-order valence-corrected chi connectivity index (χ4v) is 1.64. The quantitative estimate of drug-likeness (QED) is 0.439. The number of likely N-dealkylation sites (N-methyl/N-ethyl adjacent to an activating group) is 1. The first-order valence-electron chi connectivity index (χ1n) is 4.46. The molecule has 1 aliphatic heterocycles. The summed E-state index contributed by atoms with van der Waals surface area (Å²) in [6.07, 6.45) is -4.46. The van der Waals surface area contributed by atoms with E-state index in [-0.39, 0.29) is 12.4 Å². The summed E-state index contributed by atoms with van der Waals surface area (Å²) in [5, 5.41) is 37.4. The molecule has 1 rings (SSSR count). The van der Waals surface area contributed by atoms with E-state index < -0.39 is 37.3 Å². The summed E-state index contributed by atoms with van der Waals surface area (Å²) < 4.78 is 4.95. The first kappa shape index (κ1) is 15.0. The lowest BCUT2D eigenvalue weighted by atomic mass is 9.96. The Bertz CT molecular complexity index is 194. The Kier molecular flexibility index (Phi) is 5.97. The van der Waals surface area contributed by atoms with Crippen LogP contribution in [0.5, 0.6) is 0 Å². The highest BCUT2D eigenvalue weighted by molar-refractivity contribution is 5.85. The molecule has 92 valence electrons. The van der Waals surface area contributed by atoms with Crippen LogP contribution >= 0.6 is 12.4 Å². The van der Waals surface area contributed by atoms with E-state index in [2.05, 4.69) is 0 Å². The molecule has 5 unspecified atom stereocenters. The normalized spacial score (nSPS) is 41.4. The Morgan fingerprint density at radius 1 is 1.13 bits per heavy atom. The van der Waals surface area contributed by atoms with Gasteiger partial charge in [0.2, 0.25) is 0 Å². The van der Waals surface area contributed by atoms with Crippen molar-refractivity contribution in [3.05, 3.63) is 0 Å². The molecule has 1 aliphatic rings. The molecule has 7 heteroatoms. The molecule has 5 atom stereocenters. The Morgan fingerprint density at radius 2 is 1.67 bits per heavy atom. The van der Waals surface area contributed by atoms with Gasteiger partial charge in [0.25, 0.3) is 0 Å². The fourth-order valence-electron chi connectivity index (χ4n) is 1.64. The SMILES string of the molecule is CN(C)C1C(O)OC(CO)C(O)C1O.Cl. The fraction of sp³-hybridized carbons (Fsp3) is 1.00. The van der Waals surface area contributed by atoms with E-state index in [4.69, 9.17) is 9.84 Å². The van der Waals surface area contributed by atoms with Crippen molar-refractivity contribution in [3.8, 4) is 0 Å². The smallest absolute Gasteiger partial charge is 0.173 e. The van der Waals surface area contributed by atoms with E-state index in [1.807, 2.05) is 0 Å². The highest BCUT2D eigenvalue weighted by atomic mass is 35.5. The van der Waals surface area contributed by atoms with Crippen molar-refractivity contribution in [1.29, 1.82) is 0 Å². The van der Waals surface area contributed by atoms with Gasteiger partial charge in [0.1, 0.15) is 18.3 Å². The molecule has 0 aromatic rings. The van der Waals surface area contributed by atoms with Gasteiger partial charge in [0.15, 0.2) is 6.29 Å². The molecule has 15 heavy (non-hydrogen) atoms. The summed E-state index contributed by atoms with van der Waals surface area (Å²) in [5.41, 5.74) is 0. The Labute approximate surface area is 94.5 Å². The maximum atomic E-state index is 9.64. The zero-order valence-corrected chi connectivity index (χ0v) is 9.46. The van der Waals surface area contributed by atoms with Crippen LogP contribution in [0.2, 0.25) is 0 Å². The lowest BCUT2D eigenvalue weighted by Crippen LogP contribution is -2.62. The number of ether oxygens (including phenoxy) is 1. The van der Waals surface area contributed by atoms with Gasteiger partial charge in [-0.25, -0.2) is 0 Å². The molecule has 0 aliphatic carbocycles. The second-order valence-corrected chi connectivity index (χ2v) is 3.68. The lowest BCUT2D eigenvalue weighted by Gasteiger charge is -2.42. The van der Waals surface area contributed by atoms with Crippen LogP contribution in [0.15, 0.2) is 0 Å². The molecular formula is C8H18ClNO5. The molecule has 0 amide bonds. The lowest BCUT2D eigenvalue weighted by molar-refractivity contribution is -0.268. The molecule has 1 fully saturated rings. The molecule has 4 N–H and O–H groups in total. The van der Waals surface area contributed by atoms with Gasteiger partial charge in [-0.05, 0) is 14.1 Å². The third-order valence-electron chi connectivity index (χ3n) is 2.46. The monoisotopic (exact) mass is 243 g/mol. The van der Waals surface area contributed by atoms with Crippen molar-refractivity contribution < 1.29 is 25.2 Å². The minimum Gasteiger partial charge on any atom is -0.394 e. The van der Waals surface area contributed by atoms with Crippen LogP contribution < -0.4 is 0 Å². The number of aliphatic hydroxyl groups excluding tert-OH is 4. The Hall–Kier alpha value is 0.0500. The molecular weight excluding hydrogens is 226 g/mol. The van der Waals surface area contributed by atoms with E-state index in [9.17, 15) is 15.3 Å². The van der Waals surface area contributed by atoms with Gasteiger partial charge in [-0.1, -0.05) is 0 Å². The number of hydrogen-bond donors (Lipinski definition) is 4. The first-order chi connectivity index (χ1) is 6.49.